The molecule has 0 aliphatic carbocycles. The number of unbranched alkanes of at least 4 members (excludes halogenated alkanes) is 2. The van der Waals surface area contributed by atoms with Gasteiger partial charge in [-0.15, -0.1) is 0 Å². The smallest absolute Gasteiger partial charge is 0.00756 e. The molecule has 23 heavy (non-hydrogen) atoms. The first-order valence-corrected chi connectivity index (χ1v) is 9.52. The Labute approximate surface area is 143 Å². The summed E-state index contributed by atoms with van der Waals surface area (Å²) in [5.74, 6) is 0.699. The summed E-state index contributed by atoms with van der Waals surface area (Å²) in [7, 11) is 0. The van der Waals surface area contributed by atoms with Gasteiger partial charge in [0, 0.05) is 19.1 Å². The molecule has 1 fully saturated rings. The quantitative estimate of drug-likeness (QED) is 0.453. The Morgan fingerprint density at radius 2 is 1.83 bits per heavy atom. The maximum Gasteiger partial charge on any atom is 0.00756 e. The van der Waals surface area contributed by atoms with Gasteiger partial charge in [0.1, 0.15) is 0 Å². The highest BCUT2D eigenvalue weighted by atomic mass is 15.2. The van der Waals surface area contributed by atoms with Crippen LogP contribution in [0.15, 0.2) is 42.5 Å². The van der Waals surface area contributed by atoms with E-state index in [0.717, 1.165) is 0 Å². The van der Waals surface area contributed by atoms with Gasteiger partial charge in [0.15, 0.2) is 0 Å². The summed E-state index contributed by atoms with van der Waals surface area (Å²) >= 11 is 0. The predicted octanol–water partition coefficient (Wildman–Crippen LogP) is 5.81. The molecule has 1 nitrogen and oxygen atoms in total. The second kappa shape index (κ2) is 8.68. The molecule has 0 spiro atoms. The lowest BCUT2D eigenvalue weighted by Gasteiger charge is -2.48. The Morgan fingerprint density at radius 3 is 2.52 bits per heavy atom. The summed E-state index contributed by atoms with van der Waals surface area (Å²) in [5.41, 5.74) is 1.83. The SMILES string of the molecule is CCCC/C=C/CCN1CC(C)C(C)(c2ccccc2)CC1C. The summed E-state index contributed by atoms with van der Waals surface area (Å²) in [6.07, 6.45) is 11.1. The molecule has 0 saturated carbocycles. The molecule has 2 rings (SSSR count). The average molecular weight is 314 g/mol. The summed E-state index contributed by atoms with van der Waals surface area (Å²) in [6.45, 7) is 12.0. The summed E-state index contributed by atoms with van der Waals surface area (Å²) in [4.78, 5) is 2.69. The van der Waals surface area contributed by atoms with Gasteiger partial charge in [-0.2, -0.15) is 0 Å². The molecule has 1 heterocycles. The van der Waals surface area contributed by atoms with Gasteiger partial charge >= 0.3 is 0 Å². The van der Waals surface area contributed by atoms with Crippen molar-refractivity contribution in [2.75, 3.05) is 13.1 Å². The van der Waals surface area contributed by atoms with E-state index in [1.54, 1.807) is 0 Å². The maximum absolute atomic E-state index is 2.69. The van der Waals surface area contributed by atoms with Crippen molar-refractivity contribution in [1.82, 2.24) is 4.90 Å². The van der Waals surface area contributed by atoms with Crippen molar-refractivity contribution in [1.29, 1.82) is 0 Å². The number of piperidine rings is 1. The third-order valence-electron chi connectivity index (χ3n) is 5.85. The van der Waals surface area contributed by atoms with Crippen molar-refractivity contribution < 1.29 is 0 Å². The molecule has 1 aromatic rings. The molecule has 0 radical (unpaired) electrons. The van der Waals surface area contributed by atoms with E-state index in [1.807, 2.05) is 0 Å². The second-order valence-corrected chi connectivity index (χ2v) is 7.63. The van der Waals surface area contributed by atoms with E-state index in [2.05, 4.69) is 75.1 Å². The highest BCUT2D eigenvalue weighted by Crippen LogP contribution is 2.41. The molecule has 128 valence electrons. The minimum Gasteiger partial charge on any atom is -0.300 e. The van der Waals surface area contributed by atoms with Gasteiger partial charge in [0.25, 0.3) is 0 Å². The zero-order chi connectivity index (χ0) is 16.7. The van der Waals surface area contributed by atoms with Gasteiger partial charge in [-0.1, -0.05) is 76.1 Å². The van der Waals surface area contributed by atoms with Gasteiger partial charge in [-0.05, 0) is 43.1 Å². The highest BCUT2D eigenvalue weighted by molar-refractivity contribution is 5.26. The standard InChI is InChI=1S/C22H35N/c1-5-6-7-8-9-13-16-23-18-19(2)22(4,17-20(23)3)21-14-11-10-12-15-21/h8-12,14-15,19-20H,5-7,13,16-18H2,1-4H3/b9-8+. The number of hydrogen-bond donors (Lipinski definition) is 0. The van der Waals surface area contributed by atoms with Crippen LogP contribution in [0.25, 0.3) is 0 Å². The van der Waals surface area contributed by atoms with Gasteiger partial charge in [0.2, 0.25) is 0 Å². The molecule has 1 aliphatic heterocycles. The molecule has 1 heteroatoms. The number of allylic oxidation sites excluding steroid dienone is 1. The molecule has 3 atom stereocenters. The van der Waals surface area contributed by atoms with Gasteiger partial charge in [0.05, 0.1) is 0 Å². The normalized spacial score (nSPS) is 29.2. The number of rotatable bonds is 7. The number of nitrogens with zero attached hydrogens (tertiary/aromatic N) is 1. The van der Waals surface area contributed by atoms with Crippen LogP contribution in [0.5, 0.6) is 0 Å². The number of benzene rings is 1. The summed E-state index contributed by atoms with van der Waals surface area (Å²) in [5, 5.41) is 0. The molecule has 0 amide bonds. The molecule has 0 bridgehead atoms. The van der Waals surface area contributed by atoms with E-state index < -0.39 is 0 Å². The Kier molecular flexibility index (Phi) is 6.89. The lowest BCUT2D eigenvalue weighted by Crippen LogP contribution is -2.51. The van der Waals surface area contributed by atoms with Crippen LogP contribution in [-0.4, -0.2) is 24.0 Å². The summed E-state index contributed by atoms with van der Waals surface area (Å²) in [6, 6.07) is 11.8. The first kappa shape index (κ1) is 18.3. The monoisotopic (exact) mass is 313 g/mol. The molecule has 0 N–H and O–H groups in total. The van der Waals surface area contributed by atoms with E-state index in [4.69, 9.17) is 0 Å². The van der Waals surface area contributed by atoms with Crippen LogP contribution >= 0.6 is 0 Å². The minimum absolute atomic E-state index is 0.314. The Balaban J connectivity index is 1.90. The van der Waals surface area contributed by atoms with Crippen molar-refractivity contribution >= 4 is 0 Å². The fraction of sp³-hybridized carbons (Fsp3) is 0.636. The first-order chi connectivity index (χ1) is 11.1. The molecule has 1 saturated heterocycles. The molecule has 0 aromatic heterocycles. The first-order valence-electron chi connectivity index (χ1n) is 9.52. The molecule has 3 unspecified atom stereocenters. The van der Waals surface area contributed by atoms with Crippen LogP contribution < -0.4 is 0 Å². The fourth-order valence-electron chi connectivity index (χ4n) is 4.01. The molecule has 1 aromatic carbocycles. The van der Waals surface area contributed by atoms with Crippen molar-refractivity contribution in [3.05, 3.63) is 48.0 Å². The lowest BCUT2D eigenvalue weighted by atomic mass is 9.66. The Bertz CT molecular complexity index is 478. The van der Waals surface area contributed by atoms with Crippen LogP contribution in [-0.2, 0) is 5.41 Å². The number of likely N-dealkylation sites (tertiary alicyclic amines) is 1. The second-order valence-electron chi connectivity index (χ2n) is 7.63. The molecular weight excluding hydrogens is 278 g/mol. The maximum atomic E-state index is 2.69. The largest absolute Gasteiger partial charge is 0.300 e. The zero-order valence-corrected chi connectivity index (χ0v) is 15.6. The van der Waals surface area contributed by atoms with E-state index in [-0.39, 0.29) is 0 Å². The highest BCUT2D eigenvalue weighted by Gasteiger charge is 2.40. The molecular formula is C22H35N. The minimum atomic E-state index is 0.314. The zero-order valence-electron chi connectivity index (χ0n) is 15.6. The van der Waals surface area contributed by atoms with Crippen molar-refractivity contribution in [3.8, 4) is 0 Å². The fourth-order valence-corrected chi connectivity index (χ4v) is 4.01. The third-order valence-corrected chi connectivity index (χ3v) is 5.85. The van der Waals surface area contributed by atoms with Crippen LogP contribution in [0, 0.1) is 5.92 Å². The lowest BCUT2D eigenvalue weighted by molar-refractivity contribution is 0.0649. The van der Waals surface area contributed by atoms with Gasteiger partial charge in [-0.25, -0.2) is 0 Å². The van der Waals surface area contributed by atoms with Gasteiger partial charge in [-0.3, -0.25) is 0 Å². The van der Waals surface area contributed by atoms with E-state index in [0.29, 0.717) is 17.4 Å². The van der Waals surface area contributed by atoms with Crippen molar-refractivity contribution in [2.24, 2.45) is 5.92 Å². The van der Waals surface area contributed by atoms with Crippen LogP contribution in [0.2, 0.25) is 0 Å². The van der Waals surface area contributed by atoms with Crippen LogP contribution in [0.1, 0.15) is 65.4 Å². The number of hydrogen-bond acceptors (Lipinski definition) is 1. The van der Waals surface area contributed by atoms with E-state index in [9.17, 15) is 0 Å². The summed E-state index contributed by atoms with van der Waals surface area (Å²) < 4.78 is 0. The average Bonchev–Trinajstić information content (AvgIpc) is 2.56. The topological polar surface area (TPSA) is 3.24 Å². The van der Waals surface area contributed by atoms with Crippen LogP contribution in [0.4, 0.5) is 0 Å². The van der Waals surface area contributed by atoms with Crippen molar-refractivity contribution in [3.63, 3.8) is 0 Å². The molecule has 1 aliphatic rings. The van der Waals surface area contributed by atoms with Gasteiger partial charge < -0.3 is 4.90 Å². The van der Waals surface area contributed by atoms with E-state index in [1.165, 1.54) is 50.8 Å². The van der Waals surface area contributed by atoms with E-state index >= 15 is 0 Å². The van der Waals surface area contributed by atoms with Crippen LogP contribution in [0.3, 0.4) is 0 Å². The Hall–Kier alpha value is -1.08. The predicted molar refractivity (Wildman–Crippen MR) is 102 cm³/mol. The third kappa shape index (κ3) is 4.70. The Morgan fingerprint density at radius 1 is 1.13 bits per heavy atom. The van der Waals surface area contributed by atoms with Crippen molar-refractivity contribution in [2.45, 2.75) is 71.3 Å².